The van der Waals surface area contributed by atoms with E-state index in [2.05, 4.69) is 26.0 Å². The molecule has 1 aliphatic heterocycles. The monoisotopic (exact) mass is 307 g/mol. The molecule has 1 aromatic carbocycles. The van der Waals surface area contributed by atoms with Crippen molar-refractivity contribution in [1.29, 1.82) is 0 Å². The number of anilines is 1. The smallest absolute Gasteiger partial charge is 0.238 e. The van der Waals surface area contributed by atoms with Crippen LogP contribution in [0.3, 0.4) is 0 Å². The van der Waals surface area contributed by atoms with Crippen molar-refractivity contribution in [3.63, 3.8) is 0 Å². The van der Waals surface area contributed by atoms with Crippen molar-refractivity contribution < 1.29 is 9.59 Å². The van der Waals surface area contributed by atoms with Crippen molar-refractivity contribution in [2.75, 3.05) is 4.90 Å². The lowest BCUT2D eigenvalue weighted by molar-refractivity contribution is -0.122. The van der Waals surface area contributed by atoms with E-state index < -0.39 is 0 Å². The van der Waals surface area contributed by atoms with E-state index in [4.69, 9.17) is 0 Å². The highest BCUT2D eigenvalue weighted by atomic mass is 16.2. The number of hydrogen-bond donors (Lipinski definition) is 0. The Labute approximate surface area is 136 Å². The predicted molar refractivity (Wildman–Crippen MR) is 89.9 cm³/mol. The van der Waals surface area contributed by atoms with Gasteiger partial charge in [0, 0.05) is 11.8 Å². The van der Waals surface area contributed by atoms with Gasteiger partial charge in [-0.05, 0) is 44.9 Å². The summed E-state index contributed by atoms with van der Waals surface area (Å²) in [5, 5.41) is 0. The van der Waals surface area contributed by atoms with Crippen molar-refractivity contribution in [2.45, 2.75) is 27.7 Å². The topological polar surface area (TPSA) is 37.4 Å². The van der Waals surface area contributed by atoms with Gasteiger partial charge in [0.25, 0.3) is 0 Å². The summed E-state index contributed by atoms with van der Waals surface area (Å²) in [6.07, 6.45) is 4.26. The van der Waals surface area contributed by atoms with E-state index in [1.165, 1.54) is 16.0 Å². The maximum absolute atomic E-state index is 13.1. The van der Waals surface area contributed by atoms with Crippen LogP contribution in [0, 0.1) is 37.5 Å². The van der Waals surface area contributed by atoms with Gasteiger partial charge in [0.15, 0.2) is 0 Å². The minimum absolute atomic E-state index is 0.0238. The zero-order valence-corrected chi connectivity index (χ0v) is 14.0. The van der Waals surface area contributed by atoms with Crippen LogP contribution in [0.1, 0.15) is 25.0 Å². The number of nitrogens with zero attached hydrogens (tertiary/aromatic N) is 1. The van der Waals surface area contributed by atoms with E-state index in [0.717, 1.165) is 16.8 Å². The first-order valence-corrected chi connectivity index (χ1v) is 8.22. The fourth-order valence-electron chi connectivity index (χ4n) is 4.63. The minimum Gasteiger partial charge on any atom is -0.274 e. The number of hydrogen-bond acceptors (Lipinski definition) is 2. The van der Waals surface area contributed by atoms with Crippen LogP contribution in [-0.2, 0) is 9.59 Å². The highest BCUT2D eigenvalue weighted by Crippen LogP contribution is 2.57. The Bertz CT molecular complexity index is 764. The van der Waals surface area contributed by atoms with Gasteiger partial charge in [-0.2, -0.15) is 0 Å². The molecule has 0 spiro atoms. The molecular weight excluding hydrogens is 286 g/mol. The summed E-state index contributed by atoms with van der Waals surface area (Å²) in [4.78, 5) is 27.6. The van der Waals surface area contributed by atoms with Crippen molar-refractivity contribution in [1.82, 2.24) is 0 Å². The molecule has 2 bridgehead atoms. The van der Waals surface area contributed by atoms with Gasteiger partial charge >= 0.3 is 0 Å². The predicted octanol–water partition coefficient (Wildman–Crippen LogP) is 3.56. The number of aryl methyl sites for hydroxylation is 2. The zero-order chi connectivity index (χ0) is 16.5. The largest absolute Gasteiger partial charge is 0.274 e. The first-order chi connectivity index (χ1) is 10.9. The molecule has 2 fully saturated rings. The lowest BCUT2D eigenvalue weighted by Crippen LogP contribution is -2.33. The first kappa shape index (κ1) is 14.4. The zero-order valence-electron chi connectivity index (χ0n) is 14.0. The summed E-state index contributed by atoms with van der Waals surface area (Å²) in [7, 11) is 0. The molecular formula is C20H21NO2. The van der Waals surface area contributed by atoms with Gasteiger partial charge in [-0.15, -0.1) is 0 Å². The van der Waals surface area contributed by atoms with Gasteiger partial charge in [-0.1, -0.05) is 35.4 Å². The number of rotatable bonds is 1. The summed E-state index contributed by atoms with van der Waals surface area (Å²) in [6.45, 7) is 8.11. The molecule has 1 saturated heterocycles. The molecule has 3 heteroatoms. The minimum atomic E-state index is -0.206. The molecule has 3 nitrogen and oxygen atoms in total. The van der Waals surface area contributed by atoms with E-state index in [1.807, 2.05) is 32.0 Å². The number of fused-ring (bicyclic) bond motifs is 5. The van der Waals surface area contributed by atoms with E-state index in [9.17, 15) is 9.59 Å². The van der Waals surface area contributed by atoms with Crippen LogP contribution in [0.4, 0.5) is 5.69 Å². The maximum atomic E-state index is 13.1. The summed E-state index contributed by atoms with van der Waals surface area (Å²) in [6, 6.07) is 5.94. The third kappa shape index (κ3) is 1.76. The molecule has 1 aromatic rings. The fourth-order valence-corrected chi connectivity index (χ4v) is 4.63. The van der Waals surface area contributed by atoms with Gasteiger partial charge in [-0.25, -0.2) is 4.90 Å². The molecule has 2 aliphatic carbocycles. The van der Waals surface area contributed by atoms with Crippen LogP contribution >= 0.6 is 0 Å². The Morgan fingerprint density at radius 2 is 1.52 bits per heavy atom. The van der Waals surface area contributed by atoms with Crippen LogP contribution in [0.25, 0.3) is 0 Å². The number of carbonyl (C=O) groups is 2. The molecule has 118 valence electrons. The summed E-state index contributed by atoms with van der Waals surface area (Å²) in [5.41, 5.74) is 5.34. The second-order valence-corrected chi connectivity index (χ2v) is 7.25. The number of allylic oxidation sites excluding steroid dienone is 4. The van der Waals surface area contributed by atoms with Crippen LogP contribution in [0.5, 0.6) is 0 Å². The maximum Gasteiger partial charge on any atom is 0.238 e. The van der Waals surface area contributed by atoms with Crippen LogP contribution in [-0.4, -0.2) is 11.8 Å². The van der Waals surface area contributed by atoms with Crippen LogP contribution in [0.2, 0.25) is 0 Å². The molecule has 1 saturated carbocycles. The van der Waals surface area contributed by atoms with Gasteiger partial charge in [0.05, 0.1) is 17.5 Å². The van der Waals surface area contributed by atoms with Crippen LogP contribution in [0.15, 0.2) is 41.5 Å². The molecule has 2 amide bonds. The van der Waals surface area contributed by atoms with Crippen LogP contribution < -0.4 is 4.90 Å². The summed E-state index contributed by atoms with van der Waals surface area (Å²) in [5.74, 6) is -0.235. The summed E-state index contributed by atoms with van der Waals surface area (Å²) < 4.78 is 0. The standard InChI is InChI=1S/C20H21NO2/c1-10(2)16-13-7-8-14(16)18-17(13)19(22)21(20(18)23)15-9-11(3)5-6-12(15)4/h5-9,13-14,17-18H,1-4H3/t13-,14-,17+,18+/m1/s1. The number of amides is 2. The first-order valence-electron chi connectivity index (χ1n) is 8.22. The number of imide groups is 1. The average Bonchev–Trinajstić information content (AvgIpc) is 3.13. The Hall–Kier alpha value is -2.16. The van der Waals surface area contributed by atoms with Gasteiger partial charge in [0.2, 0.25) is 11.8 Å². The van der Waals surface area contributed by atoms with Crippen molar-refractivity contribution in [3.05, 3.63) is 52.6 Å². The van der Waals surface area contributed by atoms with E-state index in [0.29, 0.717) is 0 Å². The van der Waals surface area contributed by atoms with E-state index in [1.54, 1.807) is 0 Å². The van der Waals surface area contributed by atoms with Crippen molar-refractivity contribution in [2.24, 2.45) is 23.7 Å². The third-order valence-electron chi connectivity index (χ3n) is 5.60. The molecule has 0 unspecified atom stereocenters. The lowest BCUT2D eigenvalue weighted by Gasteiger charge is -2.21. The average molecular weight is 307 g/mol. The Balaban J connectivity index is 1.80. The molecule has 3 aliphatic rings. The molecule has 4 rings (SSSR count). The van der Waals surface area contributed by atoms with Gasteiger partial charge in [-0.3, -0.25) is 9.59 Å². The van der Waals surface area contributed by atoms with E-state index in [-0.39, 0.29) is 35.5 Å². The number of carbonyl (C=O) groups excluding carboxylic acids is 2. The Kier molecular flexibility index (Phi) is 2.93. The van der Waals surface area contributed by atoms with E-state index >= 15 is 0 Å². The van der Waals surface area contributed by atoms with Crippen molar-refractivity contribution >= 4 is 17.5 Å². The molecule has 4 atom stereocenters. The van der Waals surface area contributed by atoms with Crippen molar-refractivity contribution in [3.8, 4) is 0 Å². The van der Waals surface area contributed by atoms with Gasteiger partial charge < -0.3 is 0 Å². The second kappa shape index (κ2) is 4.67. The molecule has 0 N–H and O–H groups in total. The molecule has 23 heavy (non-hydrogen) atoms. The Morgan fingerprint density at radius 1 is 0.957 bits per heavy atom. The SMILES string of the molecule is CC(C)=C1[C@H]2C=C[C@H]1[C@@H]1C(=O)N(c3cc(C)ccc3C)C(=O)[C@H]12. The third-order valence-corrected chi connectivity index (χ3v) is 5.60. The quantitative estimate of drug-likeness (QED) is 0.587. The highest BCUT2D eigenvalue weighted by Gasteiger charge is 2.62. The molecule has 0 aromatic heterocycles. The number of benzene rings is 1. The second-order valence-electron chi connectivity index (χ2n) is 7.25. The summed E-state index contributed by atoms with van der Waals surface area (Å²) >= 11 is 0. The lowest BCUT2D eigenvalue weighted by atomic mass is 9.85. The molecule has 1 heterocycles. The van der Waals surface area contributed by atoms with Gasteiger partial charge in [0.1, 0.15) is 0 Å². The fraction of sp³-hybridized carbons (Fsp3) is 0.400. The highest BCUT2D eigenvalue weighted by molar-refractivity contribution is 6.23. The normalized spacial score (nSPS) is 31.3. The molecule has 0 radical (unpaired) electrons. The Morgan fingerprint density at radius 3 is 2.04 bits per heavy atom.